The zero-order valence-corrected chi connectivity index (χ0v) is 13.4. The molecule has 1 saturated heterocycles. The van der Waals surface area contributed by atoms with Crippen molar-refractivity contribution in [3.63, 3.8) is 0 Å². The number of pyridine rings is 1. The molecule has 0 amide bonds. The molecule has 1 unspecified atom stereocenters. The first-order valence-electron chi connectivity index (χ1n) is 8.69. The summed E-state index contributed by atoms with van der Waals surface area (Å²) in [5, 5.41) is 3.82. The van der Waals surface area contributed by atoms with E-state index in [4.69, 9.17) is 0 Å². The number of nitrogens with one attached hydrogen (secondary N) is 1. The molecule has 1 aliphatic carbocycles. The Morgan fingerprint density at radius 3 is 2.86 bits per heavy atom. The second-order valence-corrected chi connectivity index (χ2v) is 6.82. The Morgan fingerprint density at radius 1 is 1.19 bits per heavy atom. The first-order chi connectivity index (χ1) is 10.3. The first-order valence-corrected chi connectivity index (χ1v) is 8.69. The Hall–Kier alpha value is -0.930. The highest BCUT2D eigenvalue weighted by molar-refractivity contribution is 5.10. The number of nitrogens with zero attached hydrogens (tertiary/aromatic N) is 2. The Balaban J connectivity index is 1.61. The molecule has 3 heteroatoms. The van der Waals surface area contributed by atoms with Crippen LogP contribution in [0.15, 0.2) is 18.2 Å². The lowest BCUT2D eigenvalue weighted by Gasteiger charge is -2.32. The summed E-state index contributed by atoms with van der Waals surface area (Å²) in [6.07, 6.45) is 8.42. The van der Waals surface area contributed by atoms with Crippen LogP contribution in [-0.4, -0.2) is 35.6 Å². The van der Waals surface area contributed by atoms with Crippen molar-refractivity contribution >= 4 is 0 Å². The summed E-state index contributed by atoms with van der Waals surface area (Å²) in [7, 11) is 0. The number of aromatic nitrogens is 1. The Morgan fingerprint density at radius 2 is 2.05 bits per heavy atom. The molecule has 3 rings (SSSR count). The van der Waals surface area contributed by atoms with E-state index in [0.29, 0.717) is 6.04 Å². The average Bonchev–Trinajstić information content (AvgIpc) is 2.74. The van der Waals surface area contributed by atoms with Crippen LogP contribution in [0, 0.1) is 12.8 Å². The fourth-order valence-electron chi connectivity index (χ4n) is 3.94. The minimum Gasteiger partial charge on any atom is -0.312 e. The van der Waals surface area contributed by atoms with Gasteiger partial charge in [0.25, 0.3) is 0 Å². The van der Waals surface area contributed by atoms with E-state index in [2.05, 4.69) is 40.3 Å². The molecule has 0 spiro atoms. The summed E-state index contributed by atoms with van der Waals surface area (Å²) in [5.74, 6) is 0.893. The van der Waals surface area contributed by atoms with Gasteiger partial charge in [0.05, 0.1) is 5.69 Å². The highest BCUT2D eigenvalue weighted by atomic mass is 15.2. The number of rotatable bonds is 3. The van der Waals surface area contributed by atoms with Crippen molar-refractivity contribution in [1.29, 1.82) is 0 Å². The third-order valence-corrected chi connectivity index (χ3v) is 5.06. The third-order valence-electron chi connectivity index (χ3n) is 5.06. The lowest BCUT2D eigenvalue weighted by Crippen LogP contribution is -2.43. The predicted molar refractivity (Wildman–Crippen MR) is 87.2 cm³/mol. The normalized spacial score (nSPS) is 25.7. The van der Waals surface area contributed by atoms with E-state index in [1.807, 2.05) is 0 Å². The van der Waals surface area contributed by atoms with Gasteiger partial charge in [0.2, 0.25) is 0 Å². The van der Waals surface area contributed by atoms with Crippen LogP contribution in [0.1, 0.15) is 49.9 Å². The molecule has 0 bridgehead atoms. The maximum absolute atomic E-state index is 4.67. The van der Waals surface area contributed by atoms with E-state index in [9.17, 15) is 0 Å². The Kier molecular flexibility index (Phi) is 5.26. The van der Waals surface area contributed by atoms with Gasteiger partial charge in [-0.1, -0.05) is 25.3 Å². The second-order valence-electron chi connectivity index (χ2n) is 6.82. The molecule has 2 aliphatic rings. The van der Waals surface area contributed by atoms with Gasteiger partial charge in [-0.2, -0.15) is 0 Å². The van der Waals surface area contributed by atoms with Crippen molar-refractivity contribution in [2.45, 2.75) is 58.0 Å². The van der Waals surface area contributed by atoms with Crippen molar-refractivity contribution in [1.82, 2.24) is 15.2 Å². The van der Waals surface area contributed by atoms with Crippen LogP contribution in [-0.2, 0) is 6.54 Å². The van der Waals surface area contributed by atoms with Crippen molar-refractivity contribution < 1.29 is 0 Å². The Labute approximate surface area is 129 Å². The fraction of sp³-hybridized carbons (Fsp3) is 0.722. The standard InChI is InChI=1S/C18H29N3/c1-15-7-5-10-17(20-15)13-21-12-6-11-19-18(14-21)16-8-3-2-4-9-16/h5,7,10,16,18-19H,2-4,6,8-9,11-14H2,1H3. The van der Waals surface area contributed by atoms with Crippen molar-refractivity contribution in [2.75, 3.05) is 19.6 Å². The molecular weight excluding hydrogens is 258 g/mol. The van der Waals surface area contributed by atoms with E-state index in [0.717, 1.165) is 18.2 Å². The lowest BCUT2D eigenvalue weighted by molar-refractivity contribution is 0.200. The highest BCUT2D eigenvalue weighted by Crippen LogP contribution is 2.27. The average molecular weight is 287 g/mol. The molecule has 0 aromatic carbocycles. The molecule has 1 aromatic rings. The van der Waals surface area contributed by atoms with Gasteiger partial charge in [-0.3, -0.25) is 9.88 Å². The van der Waals surface area contributed by atoms with Crippen LogP contribution in [0.25, 0.3) is 0 Å². The summed E-state index contributed by atoms with van der Waals surface area (Å²) in [6.45, 7) is 6.66. The maximum atomic E-state index is 4.67. The summed E-state index contributed by atoms with van der Waals surface area (Å²) >= 11 is 0. The smallest absolute Gasteiger partial charge is 0.0547 e. The van der Waals surface area contributed by atoms with E-state index in [1.54, 1.807) is 0 Å². The minimum absolute atomic E-state index is 0.692. The molecule has 1 atom stereocenters. The van der Waals surface area contributed by atoms with Gasteiger partial charge in [0, 0.05) is 24.8 Å². The van der Waals surface area contributed by atoms with Crippen molar-refractivity contribution in [2.24, 2.45) is 5.92 Å². The molecule has 1 aromatic heterocycles. The zero-order valence-electron chi connectivity index (χ0n) is 13.4. The predicted octanol–water partition coefficient (Wildman–Crippen LogP) is 3.13. The van der Waals surface area contributed by atoms with Crippen LogP contribution >= 0.6 is 0 Å². The molecule has 1 N–H and O–H groups in total. The molecule has 116 valence electrons. The zero-order chi connectivity index (χ0) is 14.5. The third kappa shape index (κ3) is 4.27. The maximum Gasteiger partial charge on any atom is 0.0547 e. The van der Waals surface area contributed by atoms with Gasteiger partial charge in [-0.05, 0) is 57.3 Å². The van der Waals surface area contributed by atoms with Crippen LogP contribution in [0.4, 0.5) is 0 Å². The lowest BCUT2D eigenvalue weighted by atomic mass is 9.83. The van der Waals surface area contributed by atoms with Crippen LogP contribution in [0.5, 0.6) is 0 Å². The molecule has 21 heavy (non-hydrogen) atoms. The van der Waals surface area contributed by atoms with E-state index in [-0.39, 0.29) is 0 Å². The molecule has 3 nitrogen and oxygen atoms in total. The quantitative estimate of drug-likeness (QED) is 0.926. The Bertz CT molecular complexity index is 440. The topological polar surface area (TPSA) is 28.2 Å². The van der Waals surface area contributed by atoms with Gasteiger partial charge in [-0.25, -0.2) is 0 Å². The van der Waals surface area contributed by atoms with Crippen LogP contribution in [0.3, 0.4) is 0 Å². The summed E-state index contributed by atoms with van der Waals surface area (Å²) in [6, 6.07) is 7.07. The van der Waals surface area contributed by atoms with Crippen molar-refractivity contribution in [3.05, 3.63) is 29.6 Å². The van der Waals surface area contributed by atoms with Gasteiger partial charge >= 0.3 is 0 Å². The number of hydrogen-bond donors (Lipinski definition) is 1. The van der Waals surface area contributed by atoms with Gasteiger partial charge in [0.1, 0.15) is 0 Å². The van der Waals surface area contributed by atoms with Crippen LogP contribution < -0.4 is 5.32 Å². The summed E-state index contributed by atoms with van der Waals surface area (Å²) in [5.41, 5.74) is 2.35. The molecule has 1 saturated carbocycles. The number of hydrogen-bond acceptors (Lipinski definition) is 3. The SMILES string of the molecule is Cc1cccc(CN2CCCNC(C3CCCCC3)C2)n1. The van der Waals surface area contributed by atoms with Gasteiger partial charge in [-0.15, -0.1) is 0 Å². The molecule has 1 aliphatic heterocycles. The van der Waals surface area contributed by atoms with E-state index in [1.165, 1.54) is 63.9 Å². The minimum atomic E-state index is 0.692. The molecule has 0 radical (unpaired) electrons. The second kappa shape index (κ2) is 7.37. The first kappa shape index (κ1) is 15.0. The number of aryl methyl sites for hydroxylation is 1. The van der Waals surface area contributed by atoms with E-state index < -0.39 is 0 Å². The monoisotopic (exact) mass is 287 g/mol. The van der Waals surface area contributed by atoms with E-state index >= 15 is 0 Å². The highest BCUT2D eigenvalue weighted by Gasteiger charge is 2.26. The molecular formula is C18H29N3. The summed E-state index contributed by atoms with van der Waals surface area (Å²) in [4.78, 5) is 7.29. The molecule has 2 fully saturated rings. The van der Waals surface area contributed by atoms with Gasteiger partial charge in [0.15, 0.2) is 0 Å². The van der Waals surface area contributed by atoms with Crippen molar-refractivity contribution in [3.8, 4) is 0 Å². The summed E-state index contributed by atoms with van der Waals surface area (Å²) < 4.78 is 0. The largest absolute Gasteiger partial charge is 0.312 e. The molecule has 2 heterocycles. The van der Waals surface area contributed by atoms with Crippen LogP contribution in [0.2, 0.25) is 0 Å². The van der Waals surface area contributed by atoms with Gasteiger partial charge < -0.3 is 5.32 Å². The fourth-order valence-corrected chi connectivity index (χ4v) is 3.94.